The molecule has 1 atom stereocenters. The number of hydrogen-bond acceptors (Lipinski definition) is 2. The Balaban J connectivity index is 1.67. The first-order valence-corrected chi connectivity index (χ1v) is 7.75. The Bertz CT molecular complexity index is 594. The second-order valence-electron chi connectivity index (χ2n) is 5.78. The maximum Gasteiger partial charge on any atom is 0.0713 e. The van der Waals surface area contributed by atoms with E-state index in [1.54, 1.807) is 7.11 Å². The molecule has 0 fully saturated rings. The third kappa shape index (κ3) is 3.52. The topological polar surface area (TPSA) is 21.3 Å². The molecule has 0 heterocycles. The van der Waals surface area contributed by atoms with Crippen LogP contribution in [-0.2, 0) is 24.3 Å². The summed E-state index contributed by atoms with van der Waals surface area (Å²) in [7, 11) is 1.74. The predicted octanol–water partition coefficient (Wildman–Crippen LogP) is 4.00. The Hall–Kier alpha value is -1.64. The van der Waals surface area contributed by atoms with Crippen molar-refractivity contribution in [3.63, 3.8) is 0 Å². The van der Waals surface area contributed by atoms with Crippen LogP contribution in [0.1, 0.15) is 41.1 Å². The van der Waals surface area contributed by atoms with Crippen LogP contribution in [0.25, 0.3) is 0 Å². The first kappa shape index (κ1) is 14.3. The van der Waals surface area contributed by atoms with Gasteiger partial charge in [0.1, 0.15) is 0 Å². The second-order valence-corrected chi connectivity index (χ2v) is 5.78. The van der Waals surface area contributed by atoms with E-state index in [0.29, 0.717) is 12.6 Å². The molecule has 0 saturated heterocycles. The summed E-state index contributed by atoms with van der Waals surface area (Å²) in [5, 5.41) is 3.72. The fourth-order valence-corrected chi connectivity index (χ4v) is 3.20. The van der Waals surface area contributed by atoms with Crippen LogP contribution in [-0.4, -0.2) is 7.11 Å². The molecule has 0 aliphatic heterocycles. The van der Waals surface area contributed by atoms with Crippen molar-refractivity contribution in [3.8, 4) is 0 Å². The minimum Gasteiger partial charge on any atom is -0.380 e. The maximum absolute atomic E-state index is 5.20. The van der Waals surface area contributed by atoms with Crippen molar-refractivity contribution in [2.45, 2.75) is 38.5 Å². The van der Waals surface area contributed by atoms with Crippen molar-refractivity contribution in [2.24, 2.45) is 0 Å². The van der Waals surface area contributed by atoms with Gasteiger partial charge in [-0.1, -0.05) is 48.5 Å². The van der Waals surface area contributed by atoms with E-state index in [4.69, 9.17) is 4.74 Å². The average Bonchev–Trinajstić information content (AvgIpc) is 2.53. The van der Waals surface area contributed by atoms with Gasteiger partial charge in [0.25, 0.3) is 0 Å². The van der Waals surface area contributed by atoms with Gasteiger partial charge in [-0.2, -0.15) is 0 Å². The normalized spacial score (nSPS) is 17.5. The molecular weight excluding hydrogens is 258 g/mol. The van der Waals surface area contributed by atoms with Crippen LogP contribution in [0.4, 0.5) is 0 Å². The molecular formula is C19H23NO. The van der Waals surface area contributed by atoms with Crippen molar-refractivity contribution < 1.29 is 4.74 Å². The van der Waals surface area contributed by atoms with E-state index in [1.807, 2.05) is 0 Å². The monoisotopic (exact) mass is 281 g/mol. The fraction of sp³-hybridized carbons (Fsp3) is 0.368. The van der Waals surface area contributed by atoms with Gasteiger partial charge < -0.3 is 10.1 Å². The lowest BCUT2D eigenvalue weighted by molar-refractivity contribution is 0.185. The first-order valence-electron chi connectivity index (χ1n) is 7.75. The van der Waals surface area contributed by atoms with E-state index in [-0.39, 0.29) is 0 Å². The summed E-state index contributed by atoms with van der Waals surface area (Å²) in [4.78, 5) is 0. The van der Waals surface area contributed by atoms with Crippen LogP contribution in [0.15, 0.2) is 48.5 Å². The summed E-state index contributed by atoms with van der Waals surface area (Å²) < 4.78 is 5.20. The van der Waals surface area contributed by atoms with Crippen LogP contribution in [0.5, 0.6) is 0 Å². The van der Waals surface area contributed by atoms with E-state index >= 15 is 0 Å². The number of nitrogens with one attached hydrogen (secondary N) is 1. The Kier molecular flexibility index (Phi) is 4.69. The van der Waals surface area contributed by atoms with E-state index in [0.717, 1.165) is 6.54 Å². The van der Waals surface area contributed by atoms with Crippen LogP contribution in [0.2, 0.25) is 0 Å². The molecule has 1 aliphatic rings. The van der Waals surface area contributed by atoms with Gasteiger partial charge in [0.2, 0.25) is 0 Å². The fourth-order valence-electron chi connectivity index (χ4n) is 3.20. The van der Waals surface area contributed by atoms with Crippen LogP contribution in [0.3, 0.4) is 0 Å². The number of fused-ring (bicyclic) bond motifs is 1. The second kappa shape index (κ2) is 6.88. The predicted molar refractivity (Wildman–Crippen MR) is 86.1 cm³/mol. The minimum atomic E-state index is 0.487. The molecule has 1 aliphatic carbocycles. The molecule has 1 unspecified atom stereocenters. The first-order chi connectivity index (χ1) is 10.4. The molecule has 0 saturated carbocycles. The number of rotatable bonds is 5. The highest BCUT2D eigenvalue weighted by Gasteiger charge is 2.18. The average molecular weight is 281 g/mol. The summed E-state index contributed by atoms with van der Waals surface area (Å²) in [6, 6.07) is 18.0. The van der Waals surface area contributed by atoms with E-state index in [1.165, 1.54) is 41.5 Å². The molecule has 2 heteroatoms. The molecule has 2 nitrogen and oxygen atoms in total. The van der Waals surface area contributed by atoms with Crippen molar-refractivity contribution >= 4 is 0 Å². The summed E-state index contributed by atoms with van der Waals surface area (Å²) in [6.45, 7) is 1.59. The van der Waals surface area contributed by atoms with Crippen molar-refractivity contribution in [1.82, 2.24) is 5.32 Å². The molecule has 110 valence electrons. The number of ether oxygens (including phenoxy) is 1. The molecule has 3 rings (SSSR count). The largest absolute Gasteiger partial charge is 0.380 e. The third-order valence-electron chi connectivity index (χ3n) is 4.22. The highest BCUT2D eigenvalue weighted by Crippen LogP contribution is 2.29. The molecule has 0 radical (unpaired) electrons. The Morgan fingerprint density at radius 3 is 2.86 bits per heavy atom. The SMILES string of the molecule is COCc1cccc(CNC2CCCc3ccccc32)c1. The molecule has 21 heavy (non-hydrogen) atoms. The lowest BCUT2D eigenvalue weighted by Crippen LogP contribution is -2.24. The summed E-state index contributed by atoms with van der Waals surface area (Å²) in [5.74, 6) is 0. The number of benzene rings is 2. The zero-order valence-corrected chi connectivity index (χ0v) is 12.6. The highest BCUT2D eigenvalue weighted by molar-refractivity contribution is 5.32. The van der Waals surface area contributed by atoms with Gasteiger partial charge in [-0.15, -0.1) is 0 Å². The van der Waals surface area contributed by atoms with Gasteiger partial charge in [0, 0.05) is 19.7 Å². The van der Waals surface area contributed by atoms with Gasteiger partial charge >= 0.3 is 0 Å². The molecule has 2 aromatic carbocycles. The molecule has 2 aromatic rings. The van der Waals surface area contributed by atoms with Gasteiger partial charge in [-0.25, -0.2) is 0 Å². The van der Waals surface area contributed by atoms with Crippen molar-refractivity contribution in [2.75, 3.05) is 7.11 Å². The lowest BCUT2D eigenvalue weighted by atomic mass is 9.87. The van der Waals surface area contributed by atoms with Gasteiger partial charge in [-0.05, 0) is 41.5 Å². The van der Waals surface area contributed by atoms with Crippen LogP contribution in [0, 0.1) is 0 Å². The Morgan fingerprint density at radius 1 is 1.10 bits per heavy atom. The number of methoxy groups -OCH3 is 1. The van der Waals surface area contributed by atoms with E-state index in [2.05, 4.69) is 53.8 Å². The summed E-state index contributed by atoms with van der Waals surface area (Å²) in [5.41, 5.74) is 5.56. The van der Waals surface area contributed by atoms with Gasteiger partial charge in [0.05, 0.1) is 6.61 Å². The molecule has 0 bridgehead atoms. The molecule has 1 N–H and O–H groups in total. The van der Waals surface area contributed by atoms with E-state index in [9.17, 15) is 0 Å². The summed E-state index contributed by atoms with van der Waals surface area (Å²) in [6.07, 6.45) is 3.73. The Morgan fingerprint density at radius 2 is 1.95 bits per heavy atom. The van der Waals surface area contributed by atoms with Gasteiger partial charge in [-0.3, -0.25) is 0 Å². The van der Waals surface area contributed by atoms with Crippen LogP contribution < -0.4 is 5.32 Å². The zero-order chi connectivity index (χ0) is 14.5. The minimum absolute atomic E-state index is 0.487. The lowest BCUT2D eigenvalue weighted by Gasteiger charge is -2.26. The van der Waals surface area contributed by atoms with Crippen LogP contribution >= 0.6 is 0 Å². The zero-order valence-electron chi connectivity index (χ0n) is 12.6. The van der Waals surface area contributed by atoms with Gasteiger partial charge in [0.15, 0.2) is 0 Å². The smallest absolute Gasteiger partial charge is 0.0713 e. The molecule has 0 amide bonds. The number of hydrogen-bond donors (Lipinski definition) is 1. The molecule has 0 spiro atoms. The summed E-state index contributed by atoms with van der Waals surface area (Å²) >= 11 is 0. The standard InChI is InChI=1S/C19H23NO/c1-21-14-16-7-4-6-15(12-16)13-20-19-11-5-9-17-8-2-3-10-18(17)19/h2-4,6-8,10,12,19-20H,5,9,11,13-14H2,1H3. The van der Waals surface area contributed by atoms with Crippen molar-refractivity contribution in [3.05, 3.63) is 70.8 Å². The Labute approximate surface area is 127 Å². The number of aryl methyl sites for hydroxylation is 1. The molecule has 0 aromatic heterocycles. The van der Waals surface area contributed by atoms with E-state index < -0.39 is 0 Å². The third-order valence-corrected chi connectivity index (χ3v) is 4.22. The van der Waals surface area contributed by atoms with Crippen molar-refractivity contribution in [1.29, 1.82) is 0 Å². The maximum atomic E-state index is 5.20. The highest BCUT2D eigenvalue weighted by atomic mass is 16.5. The quantitative estimate of drug-likeness (QED) is 0.894.